The van der Waals surface area contributed by atoms with E-state index < -0.39 is 23.2 Å². The lowest BCUT2D eigenvalue weighted by Gasteiger charge is -2.12. The van der Waals surface area contributed by atoms with Gasteiger partial charge in [-0.3, -0.25) is 4.98 Å². The molecule has 0 aliphatic carbocycles. The number of fused-ring (bicyclic) bond motifs is 1. The zero-order valence-electron chi connectivity index (χ0n) is 11.6. The molecule has 0 atom stereocenters. The highest BCUT2D eigenvalue weighted by Gasteiger charge is 2.31. The monoisotopic (exact) mass is 327 g/mol. The third kappa shape index (κ3) is 2.65. The Kier molecular flexibility index (Phi) is 3.35. The fourth-order valence-electron chi connectivity index (χ4n) is 2.19. The number of imidazole rings is 1. The Bertz CT molecular complexity index is 943. The number of rotatable bonds is 2. The predicted octanol–water partition coefficient (Wildman–Crippen LogP) is 3.08. The van der Waals surface area contributed by atoms with Gasteiger partial charge < -0.3 is 9.72 Å². The standard InChI is InChI=1S/C14H9F4N3O2/c1-23-10-4-6(14(16,17)18)2-3-7(10)11-8(15)5-9-12(20-11)21-13(22)19-9/h2-5H,1H3,(H2,19,20,21,22). The average Bonchev–Trinajstić information content (AvgIpc) is 2.83. The molecule has 0 saturated carbocycles. The van der Waals surface area contributed by atoms with Crippen LogP contribution in [0.4, 0.5) is 17.6 Å². The van der Waals surface area contributed by atoms with Crippen LogP contribution in [0.1, 0.15) is 5.56 Å². The molecule has 0 saturated heterocycles. The van der Waals surface area contributed by atoms with Crippen molar-refractivity contribution < 1.29 is 22.3 Å². The number of nitrogens with one attached hydrogen (secondary N) is 2. The molecule has 1 aromatic carbocycles. The fraction of sp³-hybridized carbons (Fsp3) is 0.143. The van der Waals surface area contributed by atoms with Crippen molar-refractivity contribution in [2.75, 3.05) is 7.11 Å². The van der Waals surface area contributed by atoms with Crippen LogP contribution in [0, 0.1) is 5.82 Å². The quantitative estimate of drug-likeness (QED) is 0.711. The largest absolute Gasteiger partial charge is 0.496 e. The SMILES string of the molecule is COc1cc(C(F)(F)F)ccc1-c1nc2[nH]c(=O)[nH]c2cc1F. The van der Waals surface area contributed by atoms with Gasteiger partial charge in [0.05, 0.1) is 18.2 Å². The van der Waals surface area contributed by atoms with Crippen molar-refractivity contribution in [2.45, 2.75) is 6.18 Å². The first kappa shape index (κ1) is 15.1. The lowest BCUT2D eigenvalue weighted by atomic mass is 10.1. The molecule has 0 aliphatic rings. The number of benzene rings is 1. The van der Waals surface area contributed by atoms with Gasteiger partial charge >= 0.3 is 11.9 Å². The van der Waals surface area contributed by atoms with E-state index in [-0.39, 0.29) is 28.2 Å². The summed E-state index contributed by atoms with van der Waals surface area (Å²) in [5, 5.41) is 0. The third-order valence-corrected chi connectivity index (χ3v) is 3.24. The van der Waals surface area contributed by atoms with Gasteiger partial charge in [-0.25, -0.2) is 14.2 Å². The zero-order valence-corrected chi connectivity index (χ0v) is 11.6. The summed E-state index contributed by atoms with van der Waals surface area (Å²) in [5.41, 5.74) is -1.42. The summed E-state index contributed by atoms with van der Waals surface area (Å²) in [5.74, 6) is -0.978. The van der Waals surface area contributed by atoms with Crippen LogP contribution >= 0.6 is 0 Å². The van der Waals surface area contributed by atoms with Crippen molar-refractivity contribution in [2.24, 2.45) is 0 Å². The van der Waals surface area contributed by atoms with E-state index in [4.69, 9.17) is 4.74 Å². The van der Waals surface area contributed by atoms with Gasteiger partial charge in [0.1, 0.15) is 11.4 Å². The molecule has 5 nitrogen and oxygen atoms in total. The number of pyridine rings is 1. The molecule has 23 heavy (non-hydrogen) atoms. The molecule has 2 aromatic heterocycles. The Morgan fingerprint density at radius 2 is 1.91 bits per heavy atom. The Morgan fingerprint density at radius 1 is 1.17 bits per heavy atom. The van der Waals surface area contributed by atoms with E-state index in [1.54, 1.807) is 0 Å². The van der Waals surface area contributed by atoms with Crippen LogP contribution in [0.5, 0.6) is 5.75 Å². The van der Waals surface area contributed by atoms with Crippen molar-refractivity contribution in [1.29, 1.82) is 0 Å². The number of H-pyrrole nitrogens is 2. The molecular weight excluding hydrogens is 318 g/mol. The van der Waals surface area contributed by atoms with E-state index in [1.165, 1.54) is 7.11 Å². The van der Waals surface area contributed by atoms with Gasteiger partial charge in [-0.15, -0.1) is 0 Å². The highest BCUT2D eigenvalue weighted by molar-refractivity contribution is 5.77. The molecule has 3 rings (SSSR count). The summed E-state index contributed by atoms with van der Waals surface area (Å²) in [6, 6.07) is 3.68. The first-order chi connectivity index (χ1) is 10.8. The molecule has 0 amide bonds. The number of aromatic amines is 2. The van der Waals surface area contributed by atoms with Gasteiger partial charge in [0.25, 0.3) is 0 Å². The van der Waals surface area contributed by atoms with Crippen LogP contribution in [-0.2, 0) is 6.18 Å². The number of hydrogen-bond donors (Lipinski definition) is 2. The second kappa shape index (κ2) is 5.11. The number of halogens is 4. The molecule has 0 bridgehead atoms. The molecule has 0 unspecified atom stereocenters. The Hall–Kier alpha value is -2.84. The van der Waals surface area contributed by atoms with Crippen LogP contribution in [0.3, 0.4) is 0 Å². The second-order valence-corrected chi connectivity index (χ2v) is 4.71. The average molecular weight is 327 g/mol. The van der Waals surface area contributed by atoms with Crippen molar-refractivity contribution in [3.05, 3.63) is 46.1 Å². The summed E-state index contributed by atoms with van der Waals surface area (Å²) < 4.78 is 57.3. The molecule has 0 fully saturated rings. The lowest BCUT2D eigenvalue weighted by Crippen LogP contribution is -2.05. The highest BCUT2D eigenvalue weighted by Crippen LogP contribution is 2.37. The van der Waals surface area contributed by atoms with Crippen molar-refractivity contribution >= 4 is 11.2 Å². The molecule has 2 heterocycles. The van der Waals surface area contributed by atoms with E-state index in [9.17, 15) is 22.4 Å². The van der Waals surface area contributed by atoms with Crippen LogP contribution in [0.15, 0.2) is 29.1 Å². The lowest BCUT2D eigenvalue weighted by molar-refractivity contribution is -0.137. The normalized spacial score (nSPS) is 11.9. The maximum absolute atomic E-state index is 14.2. The smallest absolute Gasteiger partial charge is 0.416 e. The molecule has 0 aliphatic heterocycles. The third-order valence-electron chi connectivity index (χ3n) is 3.24. The number of ether oxygens (including phenoxy) is 1. The minimum atomic E-state index is -4.55. The van der Waals surface area contributed by atoms with E-state index in [2.05, 4.69) is 15.0 Å². The van der Waals surface area contributed by atoms with Gasteiger partial charge in [-0.2, -0.15) is 13.2 Å². The van der Waals surface area contributed by atoms with E-state index >= 15 is 0 Å². The van der Waals surface area contributed by atoms with Crippen LogP contribution in [-0.4, -0.2) is 22.1 Å². The molecule has 0 radical (unpaired) electrons. The second-order valence-electron chi connectivity index (χ2n) is 4.71. The topological polar surface area (TPSA) is 70.8 Å². The van der Waals surface area contributed by atoms with Crippen LogP contribution < -0.4 is 10.4 Å². The summed E-state index contributed by atoms with van der Waals surface area (Å²) in [6.45, 7) is 0. The molecule has 3 aromatic rings. The summed E-state index contributed by atoms with van der Waals surface area (Å²) >= 11 is 0. The number of aromatic nitrogens is 3. The van der Waals surface area contributed by atoms with Crippen molar-refractivity contribution in [1.82, 2.24) is 15.0 Å². The molecule has 2 N–H and O–H groups in total. The predicted molar refractivity (Wildman–Crippen MR) is 73.7 cm³/mol. The van der Waals surface area contributed by atoms with Crippen molar-refractivity contribution in [3.8, 4) is 17.0 Å². The van der Waals surface area contributed by atoms with Crippen LogP contribution in [0.25, 0.3) is 22.4 Å². The van der Waals surface area contributed by atoms with Gasteiger partial charge in [-0.1, -0.05) is 0 Å². The van der Waals surface area contributed by atoms with Crippen molar-refractivity contribution in [3.63, 3.8) is 0 Å². The number of hydrogen-bond acceptors (Lipinski definition) is 3. The summed E-state index contributed by atoms with van der Waals surface area (Å²) in [6.07, 6.45) is -4.55. The van der Waals surface area contributed by atoms with Gasteiger partial charge in [0.15, 0.2) is 11.5 Å². The number of methoxy groups -OCH3 is 1. The maximum Gasteiger partial charge on any atom is 0.416 e. The zero-order chi connectivity index (χ0) is 16.8. The number of alkyl halides is 3. The fourth-order valence-corrected chi connectivity index (χ4v) is 2.19. The molecule has 120 valence electrons. The van der Waals surface area contributed by atoms with Gasteiger partial charge in [0, 0.05) is 11.6 Å². The van der Waals surface area contributed by atoms with E-state index in [0.717, 1.165) is 24.3 Å². The van der Waals surface area contributed by atoms with Gasteiger partial charge in [-0.05, 0) is 18.2 Å². The minimum Gasteiger partial charge on any atom is -0.496 e. The van der Waals surface area contributed by atoms with Gasteiger partial charge in [0.2, 0.25) is 0 Å². The van der Waals surface area contributed by atoms with Crippen LogP contribution in [0.2, 0.25) is 0 Å². The summed E-state index contributed by atoms with van der Waals surface area (Å²) in [4.78, 5) is 19.8. The molecular formula is C14H9F4N3O2. The Morgan fingerprint density at radius 3 is 2.57 bits per heavy atom. The first-order valence-electron chi connectivity index (χ1n) is 6.34. The maximum atomic E-state index is 14.2. The Balaban J connectivity index is 2.21. The van der Waals surface area contributed by atoms with E-state index in [0.29, 0.717) is 0 Å². The summed E-state index contributed by atoms with van der Waals surface area (Å²) in [7, 11) is 1.17. The first-order valence-corrected chi connectivity index (χ1v) is 6.34. The number of nitrogens with zero attached hydrogens (tertiary/aromatic N) is 1. The minimum absolute atomic E-state index is 0.0435. The van der Waals surface area contributed by atoms with E-state index in [1.807, 2.05) is 0 Å². The molecule has 0 spiro atoms. The Labute approximate surface area is 125 Å². The molecule has 9 heteroatoms. The highest BCUT2D eigenvalue weighted by atomic mass is 19.4.